The van der Waals surface area contributed by atoms with Crippen molar-refractivity contribution in [1.29, 1.82) is 0 Å². The van der Waals surface area contributed by atoms with E-state index < -0.39 is 20.2 Å². The quantitative estimate of drug-likeness (QED) is 0.250. The summed E-state index contributed by atoms with van der Waals surface area (Å²) >= 11 is 0. The van der Waals surface area contributed by atoms with Crippen molar-refractivity contribution in [1.82, 2.24) is 4.98 Å². The van der Waals surface area contributed by atoms with Crippen LogP contribution < -0.4 is 5.32 Å². The molecular formula is C27H19F3N2O3S. The number of allylic oxidation sites excluding steroid dienone is 2. The maximum Gasteiger partial charge on any atom is 0.501 e. The Morgan fingerprint density at radius 1 is 0.861 bits per heavy atom. The number of carbonyl (C=O) groups excluding carboxylic acids is 1. The maximum atomic E-state index is 12.9. The number of alkyl halides is 3. The standard InChI is InChI=1S/C27H19F3N2O3S/c28-27(29,30)36(34,35)22-14-12-20(13-15-22)23(19-6-2-1-3-7-19)9-5-11-26(33)32-25-10-4-8-21-18-31-17-16-24(21)25/h1-18H,(H,32,33). The fourth-order valence-electron chi connectivity index (χ4n) is 3.56. The van der Waals surface area contributed by atoms with Crippen molar-refractivity contribution in [2.75, 3.05) is 5.32 Å². The van der Waals surface area contributed by atoms with Gasteiger partial charge in [0, 0.05) is 34.9 Å². The molecule has 36 heavy (non-hydrogen) atoms. The van der Waals surface area contributed by atoms with Gasteiger partial charge in [0.2, 0.25) is 5.91 Å². The molecule has 0 aliphatic rings. The van der Waals surface area contributed by atoms with E-state index in [2.05, 4.69) is 10.3 Å². The summed E-state index contributed by atoms with van der Waals surface area (Å²) in [7, 11) is -5.45. The second kappa shape index (κ2) is 10.2. The second-order valence-electron chi connectivity index (χ2n) is 7.67. The average Bonchev–Trinajstić information content (AvgIpc) is 2.87. The van der Waals surface area contributed by atoms with Crippen LogP contribution in [-0.4, -0.2) is 24.8 Å². The number of nitrogens with zero attached hydrogens (tertiary/aromatic N) is 1. The van der Waals surface area contributed by atoms with Crippen molar-refractivity contribution in [3.63, 3.8) is 0 Å². The lowest BCUT2D eigenvalue weighted by atomic mass is 9.97. The number of hydrogen-bond acceptors (Lipinski definition) is 4. The smallest absolute Gasteiger partial charge is 0.322 e. The molecule has 4 rings (SSSR count). The molecule has 1 N–H and O–H groups in total. The molecule has 0 saturated heterocycles. The Balaban J connectivity index is 1.61. The van der Waals surface area contributed by atoms with E-state index in [1.165, 1.54) is 24.3 Å². The summed E-state index contributed by atoms with van der Waals surface area (Å²) in [5, 5.41) is 4.53. The highest BCUT2D eigenvalue weighted by Gasteiger charge is 2.46. The summed E-state index contributed by atoms with van der Waals surface area (Å²) in [6.07, 6.45) is 7.81. The second-order valence-corrected chi connectivity index (χ2v) is 9.61. The van der Waals surface area contributed by atoms with Crippen LogP contribution in [0.1, 0.15) is 11.1 Å². The largest absolute Gasteiger partial charge is 0.501 e. The van der Waals surface area contributed by atoms with E-state index in [-0.39, 0.29) is 5.91 Å². The van der Waals surface area contributed by atoms with E-state index in [1.807, 2.05) is 12.1 Å². The first-order valence-corrected chi connectivity index (χ1v) is 12.1. The van der Waals surface area contributed by atoms with E-state index in [1.54, 1.807) is 60.9 Å². The number of pyridine rings is 1. The first kappa shape index (κ1) is 24.9. The fourth-order valence-corrected chi connectivity index (χ4v) is 4.32. The lowest BCUT2D eigenvalue weighted by Crippen LogP contribution is -2.23. The molecule has 0 saturated carbocycles. The summed E-state index contributed by atoms with van der Waals surface area (Å²) in [6.45, 7) is 0. The van der Waals surface area contributed by atoms with Crippen molar-refractivity contribution in [3.05, 3.63) is 121 Å². The van der Waals surface area contributed by atoms with Crippen LogP contribution in [-0.2, 0) is 14.6 Å². The Labute approximate surface area is 205 Å². The van der Waals surface area contributed by atoms with Crippen molar-refractivity contribution >= 4 is 37.8 Å². The van der Waals surface area contributed by atoms with Gasteiger partial charge in [0.15, 0.2) is 0 Å². The third-order valence-electron chi connectivity index (χ3n) is 5.31. The van der Waals surface area contributed by atoms with Gasteiger partial charge in [-0.1, -0.05) is 66.7 Å². The molecule has 0 bridgehead atoms. The first-order chi connectivity index (χ1) is 17.2. The Morgan fingerprint density at radius 3 is 2.25 bits per heavy atom. The molecule has 0 radical (unpaired) electrons. The number of hydrogen-bond donors (Lipinski definition) is 1. The van der Waals surface area contributed by atoms with Gasteiger partial charge in [0.1, 0.15) is 0 Å². The topological polar surface area (TPSA) is 76.1 Å². The molecule has 1 aromatic heterocycles. The van der Waals surface area contributed by atoms with Crippen molar-refractivity contribution in [2.45, 2.75) is 10.4 Å². The third kappa shape index (κ3) is 5.36. The predicted octanol–water partition coefficient (Wildman–Crippen LogP) is 6.15. The number of rotatable bonds is 6. The predicted molar refractivity (Wildman–Crippen MR) is 133 cm³/mol. The fraction of sp³-hybridized carbons (Fsp3) is 0.0370. The normalized spacial score (nSPS) is 12.7. The number of carbonyl (C=O) groups is 1. The number of anilines is 1. The van der Waals surface area contributed by atoms with Crippen molar-refractivity contribution < 1.29 is 26.4 Å². The number of halogens is 3. The Kier molecular flexibility index (Phi) is 7.03. The van der Waals surface area contributed by atoms with Crippen LogP contribution in [0.4, 0.5) is 18.9 Å². The van der Waals surface area contributed by atoms with E-state index in [9.17, 15) is 26.4 Å². The van der Waals surface area contributed by atoms with Gasteiger partial charge in [0.25, 0.3) is 9.84 Å². The summed E-state index contributed by atoms with van der Waals surface area (Å²) < 4.78 is 62.0. The van der Waals surface area contributed by atoms with Crippen LogP contribution in [0.3, 0.4) is 0 Å². The van der Waals surface area contributed by atoms with E-state index in [0.717, 1.165) is 28.5 Å². The highest BCUT2D eigenvalue weighted by molar-refractivity contribution is 7.92. The zero-order valence-electron chi connectivity index (χ0n) is 18.6. The van der Waals surface area contributed by atoms with Crippen LogP contribution in [0.25, 0.3) is 16.3 Å². The van der Waals surface area contributed by atoms with Gasteiger partial charge in [0.05, 0.1) is 4.90 Å². The van der Waals surface area contributed by atoms with Crippen molar-refractivity contribution in [2.24, 2.45) is 0 Å². The summed E-state index contributed by atoms with van der Waals surface area (Å²) in [5.41, 5.74) is -2.96. The minimum Gasteiger partial charge on any atom is -0.322 e. The van der Waals surface area contributed by atoms with Gasteiger partial charge in [-0.15, -0.1) is 0 Å². The molecule has 3 aromatic carbocycles. The Hall–Kier alpha value is -4.24. The van der Waals surface area contributed by atoms with Gasteiger partial charge in [-0.2, -0.15) is 13.2 Å². The molecule has 9 heteroatoms. The molecular weight excluding hydrogens is 489 g/mol. The molecule has 0 spiro atoms. The molecule has 5 nitrogen and oxygen atoms in total. The van der Waals surface area contributed by atoms with Gasteiger partial charge in [-0.25, -0.2) is 8.42 Å². The zero-order chi connectivity index (χ0) is 25.8. The molecule has 0 fully saturated rings. The first-order valence-electron chi connectivity index (χ1n) is 10.7. The van der Waals surface area contributed by atoms with Crippen LogP contribution >= 0.6 is 0 Å². The SMILES string of the molecule is O=C(C=CC=C(c1ccccc1)c1ccc(S(=O)(=O)C(F)(F)F)cc1)Nc1cccc2cnccc12. The molecule has 0 aliphatic carbocycles. The molecule has 0 aliphatic heterocycles. The average molecular weight is 509 g/mol. The van der Waals surface area contributed by atoms with Gasteiger partial charge in [-0.05, 0) is 41.0 Å². The van der Waals surface area contributed by atoms with Gasteiger partial charge < -0.3 is 5.32 Å². The zero-order valence-corrected chi connectivity index (χ0v) is 19.4. The highest BCUT2D eigenvalue weighted by Crippen LogP contribution is 2.32. The molecule has 0 atom stereocenters. The third-order valence-corrected chi connectivity index (χ3v) is 6.82. The minimum atomic E-state index is -5.45. The lowest BCUT2D eigenvalue weighted by molar-refractivity contribution is -0.111. The number of benzene rings is 3. The van der Waals surface area contributed by atoms with Crippen LogP contribution in [0, 0.1) is 0 Å². The van der Waals surface area contributed by atoms with Crippen molar-refractivity contribution in [3.8, 4) is 0 Å². The molecule has 1 heterocycles. The van der Waals surface area contributed by atoms with Gasteiger partial charge >= 0.3 is 5.51 Å². The Bertz CT molecular complexity index is 1560. The van der Waals surface area contributed by atoms with E-state index in [4.69, 9.17) is 0 Å². The summed E-state index contributed by atoms with van der Waals surface area (Å²) in [4.78, 5) is 15.8. The van der Waals surface area contributed by atoms with Crippen LogP contribution in [0.2, 0.25) is 0 Å². The maximum absolute atomic E-state index is 12.9. The number of sulfone groups is 1. The number of amides is 1. The van der Waals surface area contributed by atoms with Crippen LogP contribution in [0.15, 0.2) is 114 Å². The van der Waals surface area contributed by atoms with Crippen LogP contribution in [0.5, 0.6) is 0 Å². The number of nitrogens with one attached hydrogen (secondary N) is 1. The molecule has 182 valence electrons. The number of aromatic nitrogens is 1. The summed E-state index contributed by atoms with van der Waals surface area (Å²) in [6, 6.07) is 20.7. The lowest BCUT2D eigenvalue weighted by Gasteiger charge is -2.11. The summed E-state index contributed by atoms with van der Waals surface area (Å²) in [5.74, 6) is -0.380. The van der Waals surface area contributed by atoms with E-state index in [0.29, 0.717) is 16.8 Å². The molecule has 1 amide bonds. The van der Waals surface area contributed by atoms with Gasteiger partial charge in [-0.3, -0.25) is 9.78 Å². The molecule has 0 unspecified atom stereocenters. The number of fused-ring (bicyclic) bond motifs is 1. The highest BCUT2D eigenvalue weighted by atomic mass is 32.2. The van der Waals surface area contributed by atoms with E-state index >= 15 is 0 Å². The Morgan fingerprint density at radius 2 is 1.56 bits per heavy atom. The monoisotopic (exact) mass is 508 g/mol. The minimum absolute atomic E-state index is 0.380. The molecule has 4 aromatic rings.